The van der Waals surface area contributed by atoms with E-state index in [0.29, 0.717) is 32.2 Å². The summed E-state index contributed by atoms with van der Waals surface area (Å²) in [7, 11) is 1.64. The van der Waals surface area contributed by atoms with Crippen LogP contribution in [-0.4, -0.2) is 50.5 Å². The van der Waals surface area contributed by atoms with Crippen LogP contribution in [0.1, 0.15) is 25.7 Å². The van der Waals surface area contributed by atoms with Crippen LogP contribution in [0, 0.1) is 5.92 Å². The zero-order valence-electron chi connectivity index (χ0n) is 10.6. The monoisotopic (exact) mass is 244 g/mol. The zero-order chi connectivity index (χ0) is 12.5. The number of ether oxygens (including phenoxy) is 1. The van der Waals surface area contributed by atoms with Crippen LogP contribution < -0.4 is 10.6 Å². The number of nitrogens with one attached hydrogen (secondary N) is 2. The fourth-order valence-electron chi connectivity index (χ4n) is 2.14. The Labute approximate surface area is 103 Å². The fraction of sp³-hybridized carbons (Fsp3) is 0.917. The van der Waals surface area contributed by atoms with Crippen LogP contribution in [0.25, 0.3) is 0 Å². The van der Waals surface area contributed by atoms with Crippen molar-refractivity contribution >= 4 is 5.91 Å². The minimum absolute atomic E-state index is 0.0150. The van der Waals surface area contributed by atoms with Gasteiger partial charge in [0.1, 0.15) is 0 Å². The van der Waals surface area contributed by atoms with Crippen LogP contribution in [0.15, 0.2) is 0 Å². The first-order chi connectivity index (χ1) is 8.22. The largest absolute Gasteiger partial charge is 0.393 e. The lowest BCUT2D eigenvalue weighted by atomic mass is 9.87. The van der Waals surface area contributed by atoms with Crippen molar-refractivity contribution in [2.75, 3.05) is 33.4 Å². The molecule has 0 saturated heterocycles. The number of hydrogen-bond acceptors (Lipinski definition) is 4. The molecule has 0 spiro atoms. The van der Waals surface area contributed by atoms with Crippen LogP contribution >= 0.6 is 0 Å². The first-order valence-electron chi connectivity index (χ1n) is 6.36. The van der Waals surface area contributed by atoms with Gasteiger partial charge in [0.05, 0.1) is 19.3 Å². The van der Waals surface area contributed by atoms with Gasteiger partial charge in [-0.2, -0.15) is 0 Å². The lowest BCUT2D eigenvalue weighted by Crippen LogP contribution is -2.38. The zero-order valence-corrected chi connectivity index (χ0v) is 10.6. The van der Waals surface area contributed by atoms with E-state index < -0.39 is 0 Å². The topological polar surface area (TPSA) is 70.6 Å². The Morgan fingerprint density at radius 2 is 2.29 bits per heavy atom. The maximum Gasteiger partial charge on any atom is 0.233 e. The van der Waals surface area contributed by atoms with Crippen LogP contribution in [-0.2, 0) is 9.53 Å². The van der Waals surface area contributed by atoms with Crippen molar-refractivity contribution in [2.24, 2.45) is 5.92 Å². The van der Waals surface area contributed by atoms with Gasteiger partial charge in [0.2, 0.25) is 5.91 Å². The van der Waals surface area contributed by atoms with Crippen molar-refractivity contribution < 1.29 is 14.6 Å². The quantitative estimate of drug-likeness (QED) is 0.547. The SMILES string of the molecule is COCCNCC(=O)NCC1CCCC(O)C1. The number of aliphatic hydroxyl groups is 1. The molecule has 5 heteroatoms. The minimum atomic E-state index is -0.175. The van der Waals surface area contributed by atoms with Crippen LogP contribution in [0.3, 0.4) is 0 Å². The van der Waals surface area contributed by atoms with Gasteiger partial charge in [-0.1, -0.05) is 6.42 Å². The second kappa shape index (κ2) is 8.44. The molecule has 5 nitrogen and oxygen atoms in total. The highest BCUT2D eigenvalue weighted by atomic mass is 16.5. The first-order valence-corrected chi connectivity index (χ1v) is 6.36. The molecule has 1 rings (SSSR count). The third-order valence-electron chi connectivity index (χ3n) is 3.11. The van der Waals surface area contributed by atoms with E-state index in [1.54, 1.807) is 7.11 Å². The Hall–Kier alpha value is -0.650. The summed E-state index contributed by atoms with van der Waals surface area (Å²) in [6.07, 6.45) is 3.72. The Balaban J connectivity index is 2.02. The number of carbonyl (C=O) groups excluding carboxylic acids is 1. The van der Waals surface area contributed by atoms with Crippen molar-refractivity contribution in [3.05, 3.63) is 0 Å². The van der Waals surface area contributed by atoms with E-state index in [4.69, 9.17) is 4.74 Å². The van der Waals surface area contributed by atoms with Crippen molar-refractivity contribution in [1.29, 1.82) is 0 Å². The van der Waals surface area contributed by atoms with Crippen molar-refractivity contribution in [1.82, 2.24) is 10.6 Å². The first kappa shape index (κ1) is 14.4. The molecule has 1 saturated carbocycles. The van der Waals surface area contributed by atoms with Gasteiger partial charge < -0.3 is 20.5 Å². The van der Waals surface area contributed by atoms with E-state index >= 15 is 0 Å². The number of hydrogen-bond donors (Lipinski definition) is 3. The van der Waals surface area contributed by atoms with E-state index in [-0.39, 0.29) is 12.0 Å². The maximum atomic E-state index is 11.5. The van der Waals surface area contributed by atoms with Gasteiger partial charge in [0, 0.05) is 20.2 Å². The third kappa shape index (κ3) is 6.61. The number of aliphatic hydroxyl groups excluding tert-OH is 1. The van der Waals surface area contributed by atoms with Gasteiger partial charge in [0.25, 0.3) is 0 Å². The number of carbonyl (C=O) groups is 1. The van der Waals surface area contributed by atoms with Crippen molar-refractivity contribution in [3.63, 3.8) is 0 Å². The lowest BCUT2D eigenvalue weighted by molar-refractivity contribution is -0.120. The summed E-state index contributed by atoms with van der Waals surface area (Å²) in [4.78, 5) is 11.5. The standard InChI is InChI=1S/C12H24N2O3/c1-17-6-5-13-9-12(16)14-8-10-3-2-4-11(15)7-10/h10-11,13,15H,2-9H2,1H3,(H,14,16). The molecule has 2 atom stereocenters. The minimum Gasteiger partial charge on any atom is -0.393 e. The molecule has 100 valence electrons. The number of amides is 1. The molecular formula is C12H24N2O3. The highest BCUT2D eigenvalue weighted by molar-refractivity contribution is 5.77. The Kier molecular flexibility index (Phi) is 7.16. The van der Waals surface area contributed by atoms with Gasteiger partial charge in [-0.3, -0.25) is 4.79 Å². The van der Waals surface area contributed by atoms with Crippen LogP contribution in [0.5, 0.6) is 0 Å². The lowest BCUT2D eigenvalue weighted by Gasteiger charge is -2.25. The summed E-state index contributed by atoms with van der Waals surface area (Å²) in [5.74, 6) is 0.447. The summed E-state index contributed by atoms with van der Waals surface area (Å²) >= 11 is 0. The average molecular weight is 244 g/mol. The third-order valence-corrected chi connectivity index (χ3v) is 3.11. The van der Waals surface area contributed by atoms with Gasteiger partial charge in [-0.15, -0.1) is 0 Å². The molecule has 0 aromatic rings. The van der Waals surface area contributed by atoms with Gasteiger partial charge in [-0.05, 0) is 25.2 Å². The molecule has 2 unspecified atom stereocenters. The molecule has 0 aliphatic heterocycles. The summed E-state index contributed by atoms with van der Waals surface area (Å²) in [6.45, 7) is 2.31. The number of methoxy groups -OCH3 is 1. The molecule has 3 N–H and O–H groups in total. The van der Waals surface area contributed by atoms with Crippen LogP contribution in [0.4, 0.5) is 0 Å². The van der Waals surface area contributed by atoms with E-state index in [2.05, 4.69) is 10.6 Å². The highest BCUT2D eigenvalue weighted by Crippen LogP contribution is 2.23. The van der Waals surface area contributed by atoms with E-state index in [9.17, 15) is 9.90 Å². The molecule has 0 radical (unpaired) electrons. The molecule has 1 aliphatic rings. The van der Waals surface area contributed by atoms with E-state index in [0.717, 1.165) is 25.7 Å². The molecule has 17 heavy (non-hydrogen) atoms. The molecule has 0 bridgehead atoms. The Morgan fingerprint density at radius 1 is 1.47 bits per heavy atom. The summed E-state index contributed by atoms with van der Waals surface area (Å²) in [6, 6.07) is 0. The van der Waals surface area contributed by atoms with E-state index in [1.807, 2.05) is 0 Å². The molecule has 0 aromatic heterocycles. The molecule has 1 fully saturated rings. The van der Waals surface area contributed by atoms with E-state index in [1.165, 1.54) is 0 Å². The Morgan fingerprint density at radius 3 is 3.00 bits per heavy atom. The molecular weight excluding hydrogens is 220 g/mol. The van der Waals surface area contributed by atoms with Gasteiger partial charge in [0.15, 0.2) is 0 Å². The highest BCUT2D eigenvalue weighted by Gasteiger charge is 2.20. The van der Waals surface area contributed by atoms with Crippen molar-refractivity contribution in [3.8, 4) is 0 Å². The van der Waals surface area contributed by atoms with Gasteiger partial charge in [-0.25, -0.2) is 0 Å². The second-order valence-electron chi connectivity index (χ2n) is 4.66. The fourth-order valence-corrected chi connectivity index (χ4v) is 2.14. The summed E-state index contributed by atoms with van der Waals surface area (Å²) < 4.78 is 4.87. The second-order valence-corrected chi connectivity index (χ2v) is 4.66. The average Bonchev–Trinajstić information content (AvgIpc) is 2.32. The number of rotatable bonds is 7. The maximum absolute atomic E-state index is 11.5. The smallest absolute Gasteiger partial charge is 0.233 e. The molecule has 0 aromatic carbocycles. The van der Waals surface area contributed by atoms with Crippen molar-refractivity contribution in [2.45, 2.75) is 31.8 Å². The Bertz CT molecular complexity index is 224. The van der Waals surface area contributed by atoms with Crippen LogP contribution in [0.2, 0.25) is 0 Å². The summed E-state index contributed by atoms with van der Waals surface area (Å²) in [5.41, 5.74) is 0. The molecule has 0 heterocycles. The predicted molar refractivity (Wildman–Crippen MR) is 65.7 cm³/mol. The molecule has 1 aliphatic carbocycles. The predicted octanol–water partition coefficient (Wildman–Crippen LogP) is -0.110. The summed E-state index contributed by atoms with van der Waals surface area (Å²) in [5, 5.41) is 15.4. The van der Waals surface area contributed by atoms with Gasteiger partial charge >= 0.3 is 0 Å². The molecule has 1 amide bonds. The normalized spacial score (nSPS) is 24.6.